The molecule has 128 valence electrons. The van der Waals surface area contributed by atoms with Crippen molar-refractivity contribution in [3.05, 3.63) is 59.2 Å². The molecular formula is C20H15N3O3. The second kappa shape index (κ2) is 6.12. The van der Waals surface area contributed by atoms with E-state index in [4.69, 9.17) is 0 Å². The van der Waals surface area contributed by atoms with Gasteiger partial charge in [0.25, 0.3) is 5.91 Å². The van der Waals surface area contributed by atoms with Crippen molar-refractivity contribution >= 4 is 17.7 Å². The van der Waals surface area contributed by atoms with Crippen LogP contribution in [0.15, 0.2) is 42.5 Å². The van der Waals surface area contributed by atoms with Crippen LogP contribution >= 0.6 is 0 Å². The summed E-state index contributed by atoms with van der Waals surface area (Å²) in [5.41, 5.74) is 3.40. The second-order valence-electron chi connectivity index (χ2n) is 6.43. The number of nitrogens with zero attached hydrogens (tertiary/aromatic N) is 2. The molecule has 3 amide bonds. The molecule has 1 fully saturated rings. The average molecular weight is 345 g/mol. The number of carbonyl (C=O) groups excluding carboxylic acids is 3. The standard InChI is InChI=1S/C20H15N3O3/c21-10-12-8-14(13-4-2-1-3-5-13)16-11-23(20(26)15(16)9-12)17-6-7-18(24)22-19(17)25/h1-5,8-9,17H,6-7,11H2,(H,22,24,25). The maximum atomic E-state index is 12.9. The third-order valence-corrected chi connectivity index (χ3v) is 4.87. The number of amides is 3. The van der Waals surface area contributed by atoms with E-state index in [1.54, 1.807) is 12.1 Å². The summed E-state index contributed by atoms with van der Waals surface area (Å²) in [4.78, 5) is 38.0. The van der Waals surface area contributed by atoms with E-state index in [-0.39, 0.29) is 24.8 Å². The normalized spacial score (nSPS) is 19.1. The van der Waals surface area contributed by atoms with Gasteiger partial charge in [-0.25, -0.2) is 0 Å². The smallest absolute Gasteiger partial charge is 0.255 e. The van der Waals surface area contributed by atoms with E-state index in [2.05, 4.69) is 11.4 Å². The molecule has 0 aliphatic carbocycles. The molecule has 1 saturated heterocycles. The van der Waals surface area contributed by atoms with Crippen molar-refractivity contribution in [1.29, 1.82) is 5.26 Å². The Morgan fingerprint density at radius 3 is 2.50 bits per heavy atom. The Morgan fingerprint density at radius 1 is 1.08 bits per heavy atom. The number of nitrogens with one attached hydrogen (secondary N) is 1. The van der Waals surface area contributed by atoms with Gasteiger partial charge in [0.15, 0.2) is 0 Å². The van der Waals surface area contributed by atoms with Gasteiger partial charge < -0.3 is 4.90 Å². The van der Waals surface area contributed by atoms with Crippen LogP contribution < -0.4 is 5.32 Å². The molecule has 0 aromatic heterocycles. The Hall–Kier alpha value is -3.46. The summed E-state index contributed by atoms with van der Waals surface area (Å²) in [5, 5.41) is 11.6. The van der Waals surface area contributed by atoms with Crippen LogP contribution in [-0.4, -0.2) is 28.7 Å². The van der Waals surface area contributed by atoms with E-state index < -0.39 is 11.9 Å². The Kier molecular flexibility index (Phi) is 3.77. The third kappa shape index (κ3) is 2.54. The number of piperidine rings is 1. The molecular weight excluding hydrogens is 330 g/mol. The molecule has 2 aliphatic rings. The monoisotopic (exact) mass is 345 g/mol. The fourth-order valence-electron chi connectivity index (χ4n) is 3.60. The van der Waals surface area contributed by atoms with Crippen molar-refractivity contribution in [3.8, 4) is 17.2 Å². The summed E-state index contributed by atoms with van der Waals surface area (Å²) in [6.45, 7) is 0.288. The van der Waals surface area contributed by atoms with Gasteiger partial charge in [-0.2, -0.15) is 5.26 Å². The summed E-state index contributed by atoms with van der Waals surface area (Å²) in [5.74, 6) is -1.03. The molecule has 0 radical (unpaired) electrons. The lowest BCUT2D eigenvalue weighted by Gasteiger charge is -2.29. The van der Waals surface area contributed by atoms with Gasteiger partial charge in [0.05, 0.1) is 11.6 Å². The number of imide groups is 1. The van der Waals surface area contributed by atoms with Gasteiger partial charge in [-0.05, 0) is 35.2 Å². The summed E-state index contributed by atoms with van der Waals surface area (Å²) >= 11 is 0. The first-order valence-electron chi connectivity index (χ1n) is 8.35. The molecule has 0 saturated carbocycles. The minimum Gasteiger partial charge on any atom is -0.322 e. The number of fused-ring (bicyclic) bond motifs is 1. The van der Waals surface area contributed by atoms with Crippen molar-refractivity contribution < 1.29 is 14.4 Å². The van der Waals surface area contributed by atoms with Crippen molar-refractivity contribution in [3.63, 3.8) is 0 Å². The van der Waals surface area contributed by atoms with Gasteiger partial charge in [0.1, 0.15) is 6.04 Å². The molecule has 1 unspecified atom stereocenters. The fourth-order valence-corrected chi connectivity index (χ4v) is 3.60. The topological polar surface area (TPSA) is 90.3 Å². The molecule has 2 aliphatic heterocycles. The van der Waals surface area contributed by atoms with E-state index in [0.717, 1.165) is 16.7 Å². The maximum absolute atomic E-state index is 12.9. The van der Waals surface area contributed by atoms with Crippen LogP contribution in [0.4, 0.5) is 0 Å². The van der Waals surface area contributed by atoms with Crippen LogP contribution in [0.5, 0.6) is 0 Å². The molecule has 0 bridgehead atoms. The zero-order valence-corrected chi connectivity index (χ0v) is 13.9. The summed E-state index contributed by atoms with van der Waals surface area (Å²) < 4.78 is 0. The molecule has 1 N–H and O–H groups in total. The number of carbonyl (C=O) groups is 3. The van der Waals surface area contributed by atoms with Gasteiger partial charge in [-0.15, -0.1) is 0 Å². The highest BCUT2D eigenvalue weighted by molar-refractivity contribution is 6.06. The van der Waals surface area contributed by atoms with E-state index in [1.165, 1.54) is 4.90 Å². The Labute approximate surface area is 150 Å². The average Bonchev–Trinajstić information content (AvgIpc) is 2.98. The highest BCUT2D eigenvalue weighted by atomic mass is 16.2. The minimum absolute atomic E-state index is 0.214. The van der Waals surface area contributed by atoms with Crippen molar-refractivity contribution in [2.24, 2.45) is 0 Å². The maximum Gasteiger partial charge on any atom is 0.255 e. The molecule has 0 spiro atoms. The predicted octanol–water partition coefficient (Wildman–Crippen LogP) is 1.99. The molecule has 6 nitrogen and oxygen atoms in total. The van der Waals surface area contributed by atoms with Gasteiger partial charge in [-0.3, -0.25) is 19.7 Å². The predicted molar refractivity (Wildman–Crippen MR) is 92.6 cm³/mol. The zero-order valence-electron chi connectivity index (χ0n) is 13.9. The van der Waals surface area contributed by atoms with Crippen LogP contribution in [0.25, 0.3) is 11.1 Å². The Morgan fingerprint density at radius 2 is 1.81 bits per heavy atom. The lowest BCUT2D eigenvalue weighted by atomic mass is 9.94. The largest absolute Gasteiger partial charge is 0.322 e. The number of rotatable bonds is 2. The molecule has 2 aromatic carbocycles. The van der Waals surface area contributed by atoms with Crippen LogP contribution in [0.1, 0.15) is 34.3 Å². The zero-order chi connectivity index (χ0) is 18.3. The summed E-state index contributed by atoms with van der Waals surface area (Å²) in [6, 6.07) is 14.3. The van der Waals surface area contributed by atoms with Crippen LogP contribution in [0.3, 0.4) is 0 Å². The fraction of sp³-hybridized carbons (Fsp3) is 0.200. The van der Waals surface area contributed by atoms with Crippen LogP contribution in [0.2, 0.25) is 0 Å². The summed E-state index contributed by atoms with van der Waals surface area (Å²) in [6.07, 6.45) is 0.529. The van der Waals surface area contributed by atoms with Crippen molar-refractivity contribution in [2.75, 3.05) is 0 Å². The second-order valence-corrected chi connectivity index (χ2v) is 6.43. The molecule has 6 heteroatoms. The van der Waals surface area contributed by atoms with Crippen molar-refractivity contribution in [1.82, 2.24) is 10.2 Å². The quantitative estimate of drug-likeness (QED) is 0.843. The lowest BCUT2D eigenvalue weighted by Crippen LogP contribution is -2.52. The van der Waals surface area contributed by atoms with Gasteiger partial charge >= 0.3 is 0 Å². The van der Waals surface area contributed by atoms with Crippen LogP contribution in [-0.2, 0) is 16.1 Å². The summed E-state index contributed by atoms with van der Waals surface area (Å²) in [7, 11) is 0. The first-order valence-corrected chi connectivity index (χ1v) is 8.35. The third-order valence-electron chi connectivity index (χ3n) is 4.87. The SMILES string of the molecule is N#Cc1cc2c(c(-c3ccccc3)c1)CN(C1CCC(=O)NC1=O)C2=O. The highest BCUT2D eigenvalue weighted by Crippen LogP contribution is 2.35. The van der Waals surface area contributed by atoms with E-state index in [0.29, 0.717) is 17.5 Å². The lowest BCUT2D eigenvalue weighted by molar-refractivity contribution is -0.136. The molecule has 2 heterocycles. The van der Waals surface area contributed by atoms with Gasteiger partial charge in [-0.1, -0.05) is 30.3 Å². The number of benzene rings is 2. The number of nitriles is 1. The minimum atomic E-state index is -0.665. The van der Waals surface area contributed by atoms with E-state index in [9.17, 15) is 19.6 Å². The molecule has 1 atom stereocenters. The molecule has 26 heavy (non-hydrogen) atoms. The number of hydrogen-bond donors (Lipinski definition) is 1. The molecule has 2 aromatic rings. The Bertz CT molecular complexity index is 976. The van der Waals surface area contributed by atoms with E-state index in [1.807, 2.05) is 30.3 Å². The van der Waals surface area contributed by atoms with Gasteiger partial charge in [0.2, 0.25) is 11.8 Å². The van der Waals surface area contributed by atoms with Gasteiger partial charge in [0, 0.05) is 18.5 Å². The number of hydrogen-bond acceptors (Lipinski definition) is 4. The Balaban J connectivity index is 1.77. The molecule has 4 rings (SSSR count). The van der Waals surface area contributed by atoms with E-state index >= 15 is 0 Å². The highest BCUT2D eigenvalue weighted by Gasteiger charge is 2.40. The van der Waals surface area contributed by atoms with Crippen LogP contribution in [0, 0.1) is 11.3 Å². The van der Waals surface area contributed by atoms with Crippen molar-refractivity contribution in [2.45, 2.75) is 25.4 Å². The first-order chi connectivity index (χ1) is 12.6. The first kappa shape index (κ1) is 16.0.